The maximum Gasteiger partial charge on any atom is 0.186 e. The molecule has 3 aliphatic rings. The molecule has 3 fully saturated rings. The van der Waals surface area contributed by atoms with E-state index in [9.17, 15) is 5.11 Å². The number of para-hydroxylation sites is 1. The first-order valence-corrected chi connectivity index (χ1v) is 14.9. The molecule has 2 atom stereocenters. The summed E-state index contributed by atoms with van der Waals surface area (Å²) in [6, 6.07) is 14.1. The zero-order valence-corrected chi connectivity index (χ0v) is 23.4. The number of ether oxygens (including phenoxy) is 2. The van der Waals surface area contributed by atoms with Crippen LogP contribution in [0.3, 0.4) is 0 Å². The molecule has 0 saturated carbocycles. The number of morpholine rings is 1. The van der Waals surface area contributed by atoms with E-state index in [1.807, 2.05) is 0 Å². The molecule has 0 radical (unpaired) electrons. The number of aliphatic hydroxyl groups is 1. The van der Waals surface area contributed by atoms with Crippen molar-refractivity contribution in [3.8, 4) is 17.0 Å². The van der Waals surface area contributed by atoms with Gasteiger partial charge < -0.3 is 19.5 Å². The number of aryl methyl sites for hydroxylation is 2. The molecule has 0 amide bonds. The molecule has 2 bridgehead atoms. The van der Waals surface area contributed by atoms with Crippen LogP contribution in [0.15, 0.2) is 41.8 Å². The number of anilines is 1. The third-order valence-corrected chi connectivity index (χ3v) is 9.43. The van der Waals surface area contributed by atoms with Crippen molar-refractivity contribution in [2.45, 2.75) is 64.8 Å². The molecule has 0 aliphatic carbocycles. The van der Waals surface area contributed by atoms with Crippen LogP contribution in [0.5, 0.6) is 5.75 Å². The Balaban J connectivity index is 1.17. The molecule has 38 heavy (non-hydrogen) atoms. The number of benzene rings is 2. The summed E-state index contributed by atoms with van der Waals surface area (Å²) >= 11 is 1.74. The second kappa shape index (κ2) is 11.3. The highest BCUT2D eigenvalue weighted by atomic mass is 32.1. The first-order valence-electron chi connectivity index (χ1n) is 14.0. The minimum Gasteiger partial charge on any atom is -0.488 e. The normalized spacial score (nSPS) is 23.7. The first kappa shape index (κ1) is 25.8. The third-order valence-electron chi connectivity index (χ3n) is 8.58. The average Bonchev–Trinajstić information content (AvgIpc) is 3.51. The van der Waals surface area contributed by atoms with E-state index < -0.39 is 0 Å². The fourth-order valence-electron chi connectivity index (χ4n) is 6.49. The fraction of sp³-hybridized carbons (Fsp3) is 0.516. The van der Waals surface area contributed by atoms with Crippen molar-refractivity contribution in [1.82, 2.24) is 9.88 Å². The highest BCUT2D eigenvalue weighted by Crippen LogP contribution is 2.44. The molecule has 6 rings (SSSR count). The summed E-state index contributed by atoms with van der Waals surface area (Å²) in [4.78, 5) is 10.1. The van der Waals surface area contributed by atoms with E-state index in [0.29, 0.717) is 31.2 Å². The Bertz CT molecular complexity index is 1240. The summed E-state index contributed by atoms with van der Waals surface area (Å²) in [5, 5.41) is 13.0. The Hall–Kier alpha value is -2.45. The van der Waals surface area contributed by atoms with E-state index in [2.05, 4.69) is 65.4 Å². The number of aliphatic hydroxyl groups excluding tert-OH is 1. The van der Waals surface area contributed by atoms with Crippen molar-refractivity contribution in [1.29, 1.82) is 0 Å². The second-order valence-electron chi connectivity index (χ2n) is 11.2. The summed E-state index contributed by atoms with van der Waals surface area (Å²) in [7, 11) is 0. The monoisotopic (exact) mass is 533 g/mol. The quantitative estimate of drug-likeness (QED) is 0.408. The molecular formula is C31H39N3O3S. The molecule has 3 saturated heterocycles. The Morgan fingerprint density at radius 2 is 1.84 bits per heavy atom. The summed E-state index contributed by atoms with van der Waals surface area (Å²) in [5.74, 6) is 1.36. The molecule has 1 aromatic heterocycles. The van der Waals surface area contributed by atoms with Gasteiger partial charge in [-0.15, -0.1) is 11.3 Å². The summed E-state index contributed by atoms with van der Waals surface area (Å²) < 4.78 is 12.0. The highest BCUT2D eigenvalue weighted by Gasteiger charge is 2.41. The van der Waals surface area contributed by atoms with Gasteiger partial charge in [-0.1, -0.05) is 30.3 Å². The summed E-state index contributed by atoms with van der Waals surface area (Å²) in [5.41, 5.74) is 7.01. The minimum absolute atomic E-state index is 0.310. The van der Waals surface area contributed by atoms with Crippen LogP contribution in [0.2, 0.25) is 0 Å². The van der Waals surface area contributed by atoms with Crippen molar-refractivity contribution in [3.05, 3.63) is 64.0 Å². The van der Waals surface area contributed by atoms with Gasteiger partial charge in [-0.05, 0) is 73.8 Å². The van der Waals surface area contributed by atoms with Crippen LogP contribution in [0.25, 0.3) is 11.3 Å². The molecule has 3 aliphatic heterocycles. The molecule has 6 nitrogen and oxygen atoms in total. The lowest BCUT2D eigenvalue weighted by Gasteiger charge is -2.38. The zero-order valence-electron chi connectivity index (χ0n) is 22.6. The van der Waals surface area contributed by atoms with Crippen molar-refractivity contribution in [2.24, 2.45) is 5.92 Å². The molecule has 4 heterocycles. The molecule has 7 heteroatoms. The van der Waals surface area contributed by atoms with Crippen molar-refractivity contribution >= 4 is 16.5 Å². The maximum absolute atomic E-state index is 9.70. The lowest BCUT2D eigenvalue weighted by atomic mass is 9.92. The molecule has 3 aromatic rings. The Kier molecular flexibility index (Phi) is 7.70. The second-order valence-corrected chi connectivity index (χ2v) is 12.1. The van der Waals surface area contributed by atoms with Crippen LogP contribution < -0.4 is 9.64 Å². The largest absolute Gasteiger partial charge is 0.488 e. The number of piperidine rings is 1. The van der Waals surface area contributed by atoms with Gasteiger partial charge in [0.15, 0.2) is 5.13 Å². The minimum atomic E-state index is 0.310. The van der Waals surface area contributed by atoms with Crippen LogP contribution in [0.4, 0.5) is 5.13 Å². The molecular weight excluding hydrogens is 494 g/mol. The molecule has 1 N–H and O–H groups in total. The number of nitrogens with zero attached hydrogens (tertiary/aromatic N) is 3. The maximum atomic E-state index is 9.70. The predicted octanol–water partition coefficient (Wildman–Crippen LogP) is 5.58. The van der Waals surface area contributed by atoms with Crippen LogP contribution >= 0.6 is 11.3 Å². The molecule has 2 aromatic carbocycles. The van der Waals surface area contributed by atoms with Crippen LogP contribution in [-0.2, 0) is 17.9 Å². The van der Waals surface area contributed by atoms with Crippen molar-refractivity contribution < 1.29 is 14.6 Å². The predicted molar refractivity (Wildman–Crippen MR) is 153 cm³/mol. The van der Waals surface area contributed by atoms with E-state index in [0.717, 1.165) is 73.4 Å². The van der Waals surface area contributed by atoms with E-state index in [1.165, 1.54) is 29.5 Å². The van der Waals surface area contributed by atoms with Gasteiger partial charge in [0.05, 0.1) is 18.9 Å². The molecule has 0 spiro atoms. The SMILES string of the molecule is Cc1cc(CN2CCOCC2)ccc1COc1c(C)cccc1-c1csc(N2C3CCC2CC(CO)C3)n1. The van der Waals surface area contributed by atoms with Gasteiger partial charge in [-0.2, -0.15) is 0 Å². The zero-order chi connectivity index (χ0) is 26.1. The van der Waals surface area contributed by atoms with Gasteiger partial charge in [0.2, 0.25) is 0 Å². The van der Waals surface area contributed by atoms with E-state index in [-0.39, 0.29) is 0 Å². The number of aromatic nitrogens is 1. The first-order chi connectivity index (χ1) is 18.6. The van der Waals surface area contributed by atoms with Crippen molar-refractivity contribution in [3.63, 3.8) is 0 Å². The number of hydrogen-bond acceptors (Lipinski definition) is 7. The van der Waals surface area contributed by atoms with Gasteiger partial charge >= 0.3 is 0 Å². The number of fused-ring (bicyclic) bond motifs is 2. The highest BCUT2D eigenvalue weighted by molar-refractivity contribution is 7.14. The number of rotatable bonds is 8. The third kappa shape index (κ3) is 5.34. The van der Waals surface area contributed by atoms with E-state index >= 15 is 0 Å². The number of hydrogen-bond donors (Lipinski definition) is 1. The topological polar surface area (TPSA) is 58.1 Å². The lowest BCUT2D eigenvalue weighted by Crippen LogP contribution is -2.43. The van der Waals surface area contributed by atoms with Crippen LogP contribution in [0, 0.1) is 19.8 Å². The van der Waals surface area contributed by atoms with Gasteiger partial charge in [0, 0.05) is 49.3 Å². The summed E-state index contributed by atoms with van der Waals surface area (Å²) in [6.45, 7) is 9.77. The summed E-state index contributed by atoms with van der Waals surface area (Å²) in [6.07, 6.45) is 4.57. The van der Waals surface area contributed by atoms with E-state index in [4.69, 9.17) is 14.5 Å². The van der Waals surface area contributed by atoms with Gasteiger partial charge in [0.25, 0.3) is 0 Å². The number of thiazole rings is 1. The standard InChI is InChI=1S/C31H39N3O3S/c1-21-4-3-5-28(29-20-38-31(32-29)34-26-8-9-27(34)16-24(15-26)18-35)30(21)37-19-25-7-6-23(14-22(25)2)17-33-10-12-36-13-11-33/h3-7,14,20,24,26-27,35H,8-13,15-19H2,1-2H3. The smallest absolute Gasteiger partial charge is 0.186 e. The van der Waals surface area contributed by atoms with Crippen LogP contribution in [-0.4, -0.2) is 60.0 Å². The van der Waals surface area contributed by atoms with E-state index in [1.54, 1.807) is 11.3 Å². The molecule has 202 valence electrons. The molecule has 2 unspecified atom stereocenters. The van der Waals surface area contributed by atoms with Crippen LogP contribution in [0.1, 0.15) is 47.9 Å². The van der Waals surface area contributed by atoms with Crippen molar-refractivity contribution in [2.75, 3.05) is 37.8 Å². The Labute approximate surface area is 230 Å². The van der Waals surface area contributed by atoms with Gasteiger partial charge in [-0.25, -0.2) is 4.98 Å². The Morgan fingerprint density at radius 3 is 2.58 bits per heavy atom. The average molecular weight is 534 g/mol. The van der Waals surface area contributed by atoms with Gasteiger partial charge in [-0.3, -0.25) is 4.90 Å². The lowest BCUT2D eigenvalue weighted by molar-refractivity contribution is 0.0342. The fourth-order valence-corrected chi connectivity index (χ4v) is 7.46. The van der Waals surface area contributed by atoms with Gasteiger partial charge in [0.1, 0.15) is 12.4 Å². The Morgan fingerprint density at radius 1 is 1.05 bits per heavy atom.